The van der Waals surface area contributed by atoms with Gasteiger partial charge < -0.3 is 0 Å². The Hall–Kier alpha value is -0.150. The van der Waals surface area contributed by atoms with Crippen molar-refractivity contribution in [3.8, 4) is 0 Å². The monoisotopic (exact) mass is 254 g/mol. The molecule has 0 atom stereocenters. The molecule has 1 aromatic rings. The van der Waals surface area contributed by atoms with Crippen molar-refractivity contribution in [1.29, 1.82) is 0 Å². The first-order valence-corrected chi connectivity index (χ1v) is 4.67. The van der Waals surface area contributed by atoms with E-state index in [0.29, 0.717) is 22.3 Å². The minimum atomic E-state index is -0.847. The van der Waals surface area contributed by atoms with Crippen LogP contribution in [0.3, 0.4) is 0 Å². The first-order valence-electron chi connectivity index (χ1n) is 3.34. The Bertz CT molecular complexity index is 289. The number of hydrogen-bond donors (Lipinski definition) is 0. The van der Waals surface area contributed by atoms with Crippen molar-refractivity contribution in [2.75, 3.05) is 5.88 Å². The predicted molar refractivity (Wildman–Crippen MR) is 48.5 cm³/mol. The van der Waals surface area contributed by atoms with Crippen LogP contribution >= 0.6 is 27.5 Å². The first kappa shape index (κ1) is 9.93. The van der Waals surface area contributed by atoms with Crippen LogP contribution < -0.4 is 0 Å². The number of halogens is 4. The fourth-order valence-corrected chi connectivity index (χ4v) is 1.57. The normalized spacial score (nSPS) is 10.3. The molecule has 0 aromatic heterocycles. The maximum atomic E-state index is 12.6. The molecule has 12 heavy (non-hydrogen) atoms. The average Bonchev–Trinajstić information content (AvgIpc) is 2.01. The van der Waals surface area contributed by atoms with Crippen LogP contribution in [0, 0.1) is 11.6 Å². The molecule has 0 spiro atoms. The van der Waals surface area contributed by atoms with E-state index in [0.717, 1.165) is 12.1 Å². The zero-order valence-corrected chi connectivity index (χ0v) is 8.42. The van der Waals surface area contributed by atoms with Gasteiger partial charge in [0.2, 0.25) is 0 Å². The molecule has 0 heterocycles. The van der Waals surface area contributed by atoms with Crippen molar-refractivity contribution < 1.29 is 8.78 Å². The molecular weight excluding hydrogens is 249 g/mol. The molecule has 0 unspecified atom stereocenters. The Kier molecular flexibility index (Phi) is 3.47. The van der Waals surface area contributed by atoms with Gasteiger partial charge in [0.15, 0.2) is 11.6 Å². The number of benzene rings is 1. The van der Waals surface area contributed by atoms with E-state index in [1.807, 2.05) is 0 Å². The molecule has 0 aliphatic rings. The van der Waals surface area contributed by atoms with E-state index in [2.05, 4.69) is 15.9 Å². The van der Waals surface area contributed by atoms with Crippen LogP contribution in [-0.4, -0.2) is 5.88 Å². The third-order valence-electron chi connectivity index (χ3n) is 1.45. The van der Waals surface area contributed by atoms with Crippen LogP contribution in [0.5, 0.6) is 0 Å². The van der Waals surface area contributed by atoms with Gasteiger partial charge in [0, 0.05) is 10.4 Å². The summed E-state index contributed by atoms with van der Waals surface area (Å²) in [5.41, 5.74) is 0.684. The standard InChI is InChI=1S/C8H6BrClF2/c9-6-4-8(12)7(11)3-5(6)1-2-10/h3-4H,1-2H2. The van der Waals surface area contributed by atoms with Crippen molar-refractivity contribution in [2.24, 2.45) is 0 Å². The van der Waals surface area contributed by atoms with Gasteiger partial charge in [-0.3, -0.25) is 0 Å². The molecule has 1 aromatic carbocycles. The molecule has 0 aliphatic heterocycles. The highest BCUT2D eigenvalue weighted by Gasteiger charge is 2.06. The first-order chi connectivity index (χ1) is 5.65. The molecule has 4 heteroatoms. The molecule has 66 valence electrons. The lowest BCUT2D eigenvalue weighted by Crippen LogP contribution is -1.92. The summed E-state index contributed by atoms with van der Waals surface area (Å²) in [5.74, 6) is -1.29. The Morgan fingerprint density at radius 3 is 2.42 bits per heavy atom. The van der Waals surface area contributed by atoms with Crippen molar-refractivity contribution >= 4 is 27.5 Å². The SMILES string of the molecule is Fc1cc(Br)c(CCCl)cc1F. The number of alkyl halides is 1. The minimum Gasteiger partial charge on any atom is -0.204 e. The lowest BCUT2D eigenvalue weighted by molar-refractivity contribution is 0.506. The van der Waals surface area contributed by atoms with Gasteiger partial charge in [0.05, 0.1) is 0 Å². The molecule has 0 aliphatic carbocycles. The summed E-state index contributed by atoms with van der Waals surface area (Å²) in [6, 6.07) is 2.26. The van der Waals surface area contributed by atoms with E-state index in [1.165, 1.54) is 0 Å². The topological polar surface area (TPSA) is 0 Å². The zero-order chi connectivity index (χ0) is 9.14. The summed E-state index contributed by atoms with van der Waals surface area (Å²) in [6.07, 6.45) is 0.527. The van der Waals surface area contributed by atoms with Gasteiger partial charge in [0.25, 0.3) is 0 Å². The fraction of sp³-hybridized carbons (Fsp3) is 0.250. The number of aryl methyl sites for hydroxylation is 1. The van der Waals surface area contributed by atoms with Crippen molar-refractivity contribution in [1.82, 2.24) is 0 Å². The lowest BCUT2D eigenvalue weighted by Gasteiger charge is -2.02. The van der Waals surface area contributed by atoms with Crippen LogP contribution in [0.4, 0.5) is 8.78 Å². The molecule has 0 fully saturated rings. The van der Waals surface area contributed by atoms with Crippen LogP contribution in [0.15, 0.2) is 16.6 Å². The van der Waals surface area contributed by atoms with Gasteiger partial charge in [-0.1, -0.05) is 15.9 Å². The largest absolute Gasteiger partial charge is 0.204 e. The van der Waals surface area contributed by atoms with Crippen LogP contribution in [0.25, 0.3) is 0 Å². The number of rotatable bonds is 2. The van der Waals surface area contributed by atoms with Gasteiger partial charge >= 0.3 is 0 Å². The molecule has 0 radical (unpaired) electrons. The highest BCUT2D eigenvalue weighted by Crippen LogP contribution is 2.21. The Balaban J connectivity index is 3.05. The molecule has 0 N–H and O–H groups in total. The van der Waals surface area contributed by atoms with Gasteiger partial charge in [-0.15, -0.1) is 11.6 Å². The molecule has 0 saturated heterocycles. The van der Waals surface area contributed by atoms with Gasteiger partial charge in [-0.25, -0.2) is 8.78 Å². The number of hydrogen-bond acceptors (Lipinski definition) is 0. The Morgan fingerprint density at radius 1 is 1.25 bits per heavy atom. The van der Waals surface area contributed by atoms with E-state index in [1.54, 1.807) is 0 Å². The van der Waals surface area contributed by atoms with E-state index in [-0.39, 0.29) is 0 Å². The molecule has 0 amide bonds. The van der Waals surface area contributed by atoms with Crippen LogP contribution in [0.1, 0.15) is 5.56 Å². The molecule has 0 saturated carbocycles. The van der Waals surface area contributed by atoms with Crippen molar-refractivity contribution in [3.05, 3.63) is 33.8 Å². The quantitative estimate of drug-likeness (QED) is 0.560. The van der Waals surface area contributed by atoms with Crippen molar-refractivity contribution in [3.63, 3.8) is 0 Å². The minimum absolute atomic E-state index is 0.393. The van der Waals surface area contributed by atoms with E-state index >= 15 is 0 Å². The summed E-state index contributed by atoms with van der Waals surface area (Å²) < 4.78 is 25.8. The van der Waals surface area contributed by atoms with Crippen LogP contribution in [0.2, 0.25) is 0 Å². The summed E-state index contributed by atoms with van der Waals surface area (Å²) in [4.78, 5) is 0. The molecule has 0 nitrogen and oxygen atoms in total. The fourth-order valence-electron chi connectivity index (χ4n) is 0.857. The van der Waals surface area contributed by atoms with Crippen molar-refractivity contribution in [2.45, 2.75) is 6.42 Å². The maximum absolute atomic E-state index is 12.6. The second kappa shape index (κ2) is 4.19. The Labute approximate surface area is 82.7 Å². The second-order valence-electron chi connectivity index (χ2n) is 2.30. The summed E-state index contributed by atoms with van der Waals surface area (Å²) in [7, 11) is 0. The van der Waals surface area contributed by atoms with Gasteiger partial charge in [0.1, 0.15) is 0 Å². The van der Waals surface area contributed by atoms with Gasteiger partial charge in [-0.05, 0) is 24.1 Å². The van der Waals surface area contributed by atoms with Gasteiger partial charge in [-0.2, -0.15) is 0 Å². The third-order valence-corrected chi connectivity index (χ3v) is 2.38. The summed E-state index contributed by atoms with van der Waals surface area (Å²) >= 11 is 8.58. The average molecular weight is 255 g/mol. The molecule has 0 bridgehead atoms. The summed E-state index contributed by atoms with van der Waals surface area (Å²) in [5, 5.41) is 0. The maximum Gasteiger partial charge on any atom is 0.159 e. The zero-order valence-electron chi connectivity index (χ0n) is 6.08. The predicted octanol–water partition coefficient (Wildman–Crippen LogP) is 3.51. The highest BCUT2D eigenvalue weighted by atomic mass is 79.9. The lowest BCUT2D eigenvalue weighted by atomic mass is 10.2. The highest BCUT2D eigenvalue weighted by molar-refractivity contribution is 9.10. The second-order valence-corrected chi connectivity index (χ2v) is 3.53. The molecular formula is C8H6BrClF2. The van der Waals surface area contributed by atoms with E-state index < -0.39 is 11.6 Å². The van der Waals surface area contributed by atoms with E-state index in [9.17, 15) is 8.78 Å². The molecule has 1 rings (SSSR count). The summed E-state index contributed by atoms with van der Waals surface area (Å²) in [6.45, 7) is 0. The smallest absolute Gasteiger partial charge is 0.159 e. The third kappa shape index (κ3) is 2.17. The Morgan fingerprint density at radius 2 is 1.83 bits per heavy atom. The van der Waals surface area contributed by atoms with E-state index in [4.69, 9.17) is 11.6 Å². The van der Waals surface area contributed by atoms with Crippen LogP contribution in [-0.2, 0) is 6.42 Å².